The van der Waals surface area contributed by atoms with Gasteiger partial charge in [0.25, 0.3) is 0 Å². The number of hydrogen-bond donors (Lipinski definition) is 2. The van der Waals surface area contributed by atoms with Crippen LogP contribution >= 0.6 is 22.6 Å². The number of anilines is 1. The Labute approximate surface area is 137 Å². The molecule has 2 aromatic carbocycles. The Morgan fingerprint density at radius 2 is 1.86 bits per heavy atom. The van der Waals surface area contributed by atoms with Crippen molar-refractivity contribution in [3.8, 4) is 5.75 Å². The molecule has 0 aliphatic rings. The summed E-state index contributed by atoms with van der Waals surface area (Å²) in [6, 6.07) is 13.6. The lowest BCUT2D eigenvalue weighted by Crippen LogP contribution is -2.28. The van der Waals surface area contributed by atoms with Crippen LogP contribution in [0.5, 0.6) is 5.75 Å². The van der Waals surface area contributed by atoms with E-state index >= 15 is 0 Å². The van der Waals surface area contributed by atoms with E-state index in [1.807, 2.05) is 0 Å². The normalized spacial score (nSPS) is 11.3. The lowest BCUT2D eigenvalue weighted by atomic mass is 10.3. The van der Waals surface area contributed by atoms with E-state index in [1.54, 1.807) is 48.5 Å². The second kappa shape index (κ2) is 7.10. The number of hydrogen-bond acceptors (Lipinski definition) is 4. The topological polar surface area (TPSA) is 81.4 Å². The number of benzene rings is 2. The summed E-state index contributed by atoms with van der Waals surface area (Å²) in [7, 11) is -3.50. The van der Waals surface area contributed by atoms with E-state index in [0.717, 1.165) is 3.57 Å². The molecule has 0 saturated carbocycles. The van der Waals surface area contributed by atoms with E-state index < -0.39 is 10.0 Å². The van der Waals surface area contributed by atoms with Crippen LogP contribution < -0.4 is 15.2 Å². The zero-order valence-electron chi connectivity index (χ0n) is 11.1. The van der Waals surface area contributed by atoms with Gasteiger partial charge in [-0.1, -0.05) is 6.07 Å². The van der Waals surface area contributed by atoms with Gasteiger partial charge in [-0.15, -0.1) is 0 Å². The average Bonchev–Trinajstić information content (AvgIpc) is 2.44. The molecule has 112 valence electrons. The zero-order valence-corrected chi connectivity index (χ0v) is 14.1. The van der Waals surface area contributed by atoms with Crippen molar-refractivity contribution in [1.29, 1.82) is 0 Å². The summed E-state index contributed by atoms with van der Waals surface area (Å²) in [6.07, 6.45) is 0. The Bertz CT molecular complexity index is 702. The fraction of sp³-hybridized carbons (Fsp3) is 0.143. The van der Waals surface area contributed by atoms with Crippen LogP contribution in [0.15, 0.2) is 53.4 Å². The van der Waals surface area contributed by atoms with E-state index in [-0.39, 0.29) is 18.0 Å². The highest BCUT2D eigenvalue weighted by atomic mass is 127. The second-order valence-electron chi connectivity index (χ2n) is 4.27. The molecule has 0 fully saturated rings. The molecule has 0 aromatic heterocycles. The van der Waals surface area contributed by atoms with Gasteiger partial charge in [0.1, 0.15) is 12.4 Å². The molecule has 0 aliphatic heterocycles. The highest BCUT2D eigenvalue weighted by Gasteiger charge is 2.12. The van der Waals surface area contributed by atoms with Crippen molar-refractivity contribution in [3.63, 3.8) is 0 Å². The number of sulfonamides is 1. The minimum atomic E-state index is -3.50. The quantitative estimate of drug-likeness (QED) is 0.429. The summed E-state index contributed by atoms with van der Waals surface area (Å²) in [5.41, 5.74) is 6.23. The molecule has 0 heterocycles. The van der Waals surface area contributed by atoms with Crippen molar-refractivity contribution in [3.05, 3.63) is 52.1 Å². The molecule has 0 atom stereocenters. The number of ether oxygens (including phenoxy) is 1. The predicted octanol–water partition coefficient (Wildman–Crippen LogP) is 2.23. The second-order valence-corrected chi connectivity index (χ2v) is 7.29. The van der Waals surface area contributed by atoms with E-state index in [9.17, 15) is 8.42 Å². The van der Waals surface area contributed by atoms with Gasteiger partial charge in [-0.2, -0.15) is 0 Å². The van der Waals surface area contributed by atoms with Gasteiger partial charge in [-0.25, -0.2) is 13.1 Å². The van der Waals surface area contributed by atoms with Crippen LogP contribution in [0, 0.1) is 3.57 Å². The molecule has 5 nitrogen and oxygen atoms in total. The maximum atomic E-state index is 12.0. The maximum Gasteiger partial charge on any atom is 0.240 e. The fourth-order valence-electron chi connectivity index (χ4n) is 1.65. The van der Waals surface area contributed by atoms with E-state index in [4.69, 9.17) is 10.5 Å². The van der Waals surface area contributed by atoms with Gasteiger partial charge in [0.2, 0.25) is 10.0 Å². The Balaban J connectivity index is 1.86. The number of nitrogens with one attached hydrogen (secondary N) is 1. The van der Waals surface area contributed by atoms with Crippen LogP contribution in [-0.2, 0) is 10.0 Å². The van der Waals surface area contributed by atoms with Crippen molar-refractivity contribution in [2.45, 2.75) is 4.90 Å². The number of nitrogen functional groups attached to an aromatic ring is 1. The lowest BCUT2D eigenvalue weighted by molar-refractivity contribution is 0.323. The van der Waals surface area contributed by atoms with Crippen LogP contribution in [0.2, 0.25) is 0 Å². The minimum absolute atomic E-state index is 0.184. The van der Waals surface area contributed by atoms with Gasteiger partial charge in [-0.05, 0) is 59.0 Å². The zero-order chi connectivity index (χ0) is 15.3. The first-order valence-corrected chi connectivity index (χ1v) is 8.77. The van der Waals surface area contributed by atoms with Crippen LogP contribution in [0.1, 0.15) is 0 Å². The third-order valence-electron chi connectivity index (χ3n) is 2.64. The summed E-state index contributed by atoms with van der Waals surface area (Å²) >= 11 is 2.12. The number of nitrogens with two attached hydrogens (primary N) is 1. The summed E-state index contributed by atoms with van der Waals surface area (Å²) in [5.74, 6) is 0.614. The van der Waals surface area contributed by atoms with Gasteiger partial charge in [0, 0.05) is 21.9 Å². The minimum Gasteiger partial charge on any atom is -0.492 e. The van der Waals surface area contributed by atoms with E-state index in [2.05, 4.69) is 27.3 Å². The van der Waals surface area contributed by atoms with E-state index in [0.29, 0.717) is 11.4 Å². The first-order chi connectivity index (χ1) is 9.97. The highest BCUT2D eigenvalue weighted by Crippen LogP contribution is 2.14. The monoisotopic (exact) mass is 418 g/mol. The van der Waals surface area contributed by atoms with Gasteiger partial charge in [0.15, 0.2) is 0 Å². The molecule has 2 rings (SSSR count). The average molecular weight is 418 g/mol. The molecule has 3 N–H and O–H groups in total. The van der Waals surface area contributed by atoms with Crippen molar-refractivity contribution >= 4 is 38.3 Å². The Kier molecular flexibility index (Phi) is 5.43. The third-order valence-corrected chi connectivity index (χ3v) is 4.84. The first kappa shape index (κ1) is 16.1. The molecule has 2 aromatic rings. The van der Waals surface area contributed by atoms with Crippen LogP contribution in [0.3, 0.4) is 0 Å². The highest BCUT2D eigenvalue weighted by molar-refractivity contribution is 14.1. The Hall–Kier alpha value is -1.32. The third kappa shape index (κ3) is 4.87. The fourth-order valence-corrected chi connectivity index (χ4v) is 3.02. The molecule has 21 heavy (non-hydrogen) atoms. The Morgan fingerprint density at radius 3 is 2.52 bits per heavy atom. The van der Waals surface area contributed by atoms with Gasteiger partial charge < -0.3 is 10.5 Å². The smallest absolute Gasteiger partial charge is 0.240 e. The molecule has 7 heteroatoms. The SMILES string of the molecule is Nc1cccc(OCCNS(=O)(=O)c2ccc(I)cc2)c1. The maximum absolute atomic E-state index is 12.0. The van der Waals surface area contributed by atoms with Crippen molar-refractivity contribution in [2.24, 2.45) is 0 Å². The van der Waals surface area contributed by atoms with Crippen molar-refractivity contribution in [2.75, 3.05) is 18.9 Å². The Morgan fingerprint density at radius 1 is 1.14 bits per heavy atom. The molecular formula is C14H15IN2O3S. The molecule has 0 unspecified atom stereocenters. The van der Waals surface area contributed by atoms with E-state index in [1.165, 1.54) is 0 Å². The van der Waals surface area contributed by atoms with Gasteiger partial charge in [-0.3, -0.25) is 0 Å². The molecule has 0 amide bonds. The van der Waals surface area contributed by atoms with Crippen molar-refractivity contribution in [1.82, 2.24) is 4.72 Å². The van der Waals surface area contributed by atoms with Crippen LogP contribution in [0.4, 0.5) is 5.69 Å². The molecule has 0 bridgehead atoms. The molecule has 0 spiro atoms. The predicted molar refractivity (Wildman–Crippen MR) is 90.7 cm³/mol. The number of halogens is 1. The number of rotatable bonds is 6. The van der Waals surface area contributed by atoms with Crippen LogP contribution in [0.25, 0.3) is 0 Å². The lowest BCUT2D eigenvalue weighted by Gasteiger charge is -2.09. The molecule has 0 aliphatic carbocycles. The summed E-state index contributed by atoms with van der Waals surface area (Å²) in [5, 5.41) is 0. The largest absolute Gasteiger partial charge is 0.492 e. The molecule has 0 saturated heterocycles. The molecular weight excluding hydrogens is 403 g/mol. The summed E-state index contributed by atoms with van der Waals surface area (Å²) in [6.45, 7) is 0.413. The first-order valence-electron chi connectivity index (χ1n) is 6.21. The standard InChI is InChI=1S/C14H15IN2O3S/c15-11-4-6-14(7-5-11)21(18,19)17-8-9-20-13-3-1-2-12(16)10-13/h1-7,10,17H,8-9,16H2. The van der Waals surface area contributed by atoms with Crippen LogP contribution in [-0.4, -0.2) is 21.6 Å². The summed E-state index contributed by atoms with van der Waals surface area (Å²) < 4.78 is 32.9. The molecule has 0 radical (unpaired) electrons. The van der Waals surface area contributed by atoms with Crippen molar-refractivity contribution < 1.29 is 13.2 Å². The van der Waals surface area contributed by atoms with Gasteiger partial charge >= 0.3 is 0 Å². The summed E-state index contributed by atoms with van der Waals surface area (Å²) in [4.78, 5) is 0.242. The van der Waals surface area contributed by atoms with Gasteiger partial charge in [0.05, 0.1) is 4.90 Å².